The summed E-state index contributed by atoms with van der Waals surface area (Å²) in [5.41, 5.74) is 0.548. The van der Waals surface area contributed by atoms with E-state index in [1.54, 1.807) is 12.1 Å². The van der Waals surface area contributed by atoms with Crippen molar-refractivity contribution < 1.29 is 18.6 Å². The average Bonchev–Trinajstić information content (AvgIpc) is 2.12. The molecule has 4 nitrogen and oxygen atoms in total. The van der Waals surface area contributed by atoms with Crippen LogP contribution in [0, 0.1) is 0 Å². The Morgan fingerprint density at radius 1 is 1.33 bits per heavy atom. The SMILES string of the molecule is CS(=O)(=O)c1c(O)cccc1CCCO. The van der Waals surface area contributed by atoms with Crippen LogP contribution in [0.25, 0.3) is 0 Å². The number of aliphatic hydroxyl groups is 1. The Morgan fingerprint density at radius 2 is 2.00 bits per heavy atom. The third-order valence-electron chi connectivity index (χ3n) is 2.05. The van der Waals surface area contributed by atoms with Gasteiger partial charge in [-0.15, -0.1) is 0 Å². The Kier molecular flexibility index (Phi) is 3.71. The van der Waals surface area contributed by atoms with Gasteiger partial charge in [0.05, 0.1) is 0 Å². The molecule has 0 saturated heterocycles. The number of aliphatic hydroxyl groups excluding tert-OH is 1. The summed E-state index contributed by atoms with van der Waals surface area (Å²) in [6.45, 7) is -0.00113. The molecule has 15 heavy (non-hydrogen) atoms. The van der Waals surface area contributed by atoms with Crippen LogP contribution in [0.2, 0.25) is 0 Å². The quantitative estimate of drug-likeness (QED) is 0.799. The lowest BCUT2D eigenvalue weighted by molar-refractivity contribution is 0.288. The predicted molar refractivity (Wildman–Crippen MR) is 56.6 cm³/mol. The Bertz CT molecular complexity index is 437. The van der Waals surface area contributed by atoms with E-state index in [1.165, 1.54) is 6.07 Å². The molecule has 0 aliphatic rings. The summed E-state index contributed by atoms with van der Waals surface area (Å²) in [7, 11) is -3.43. The van der Waals surface area contributed by atoms with Crippen LogP contribution in [0.5, 0.6) is 5.75 Å². The first-order valence-corrected chi connectivity index (χ1v) is 6.47. The Morgan fingerprint density at radius 3 is 2.53 bits per heavy atom. The summed E-state index contributed by atoms with van der Waals surface area (Å²) < 4.78 is 22.8. The molecule has 1 aromatic carbocycles. The van der Waals surface area contributed by atoms with Crippen LogP contribution < -0.4 is 0 Å². The summed E-state index contributed by atoms with van der Waals surface area (Å²) in [4.78, 5) is -0.0292. The topological polar surface area (TPSA) is 74.6 Å². The van der Waals surface area contributed by atoms with Gasteiger partial charge >= 0.3 is 0 Å². The molecular formula is C10H14O4S. The molecule has 5 heteroatoms. The highest BCUT2D eigenvalue weighted by molar-refractivity contribution is 7.90. The molecule has 0 heterocycles. The fraction of sp³-hybridized carbons (Fsp3) is 0.400. The molecule has 0 aliphatic heterocycles. The maximum absolute atomic E-state index is 11.4. The van der Waals surface area contributed by atoms with Gasteiger partial charge in [-0.25, -0.2) is 8.42 Å². The first-order valence-electron chi connectivity index (χ1n) is 4.58. The van der Waals surface area contributed by atoms with Gasteiger partial charge in [-0.05, 0) is 24.5 Å². The first kappa shape index (κ1) is 12.0. The van der Waals surface area contributed by atoms with Gasteiger partial charge in [0.25, 0.3) is 0 Å². The zero-order chi connectivity index (χ0) is 11.5. The van der Waals surface area contributed by atoms with Crippen LogP contribution >= 0.6 is 0 Å². The van der Waals surface area contributed by atoms with Crippen molar-refractivity contribution in [3.05, 3.63) is 23.8 Å². The fourth-order valence-electron chi connectivity index (χ4n) is 1.47. The number of hydrogen-bond donors (Lipinski definition) is 2. The maximum Gasteiger partial charge on any atom is 0.179 e. The van der Waals surface area contributed by atoms with Crippen molar-refractivity contribution in [2.75, 3.05) is 12.9 Å². The molecule has 0 aromatic heterocycles. The van der Waals surface area contributed by atoms with Crippen molar-refractivity contribution in [1.29, 1.82) is 0 Å². The third kappa shape index (κ3) is 2.94. The lowest BCUT2D eigenvalue weighted by atomic mass is 10.1. The molecule has 0 fully saturated rings. The second-order valence-electron chi connectivity index (χ2n) is 3.36. The van der Waals surface area contributed by atoms with Crippen molar-refractivity contribution in [2.24, 2.45) is 0 Å². The van der Waals surface area contributed by atoms with Crippen molar-refractivity contribution in [3.8, 4) is 5.75 Å². The van der Waals surface area contributed by atoms with Gasteiger partial charge in [0.15, 0.2) is 9.84 Å². The van der Waals surface area contributed by atoms with E-state index < -0.39 is 9.84 Å². The Balaban J connectivity index is 3.21. The first-order chi connectivity index (χ1) is 6.96. The lowest BCUT2D eigenvalue weighted by Gasteiger charge is -2.08. The number of benzene rings is 1. The van der Waals surface area contributed by atoms with Gasteiger partial charge < -0.3 is 10.2 Å². The summed E-state index contributed by atoms with van der Waals surface area (Å²) >= 11 is 0. The van der Waals surface area contributed by atoms with Crippen molar-refractivity contribution in [3.63, 3.8) is 0 Å². The van der Waals surface area contributed by atoms with Crippen LogP contribution in [0.3, 0.4) is 0 Å². The van der Waals surface area contributed by atoms with Gasteiger partial charge in [0.1, 0.15) is 10.6 Å². The van der Waals surface area contributed by atoms with Crippen LogP contribution in [0.1, 0.15) is 12.0 Å². The average molecular weight is 230 g/mol. The Labute approximate surface area is 89.1 Å². The normalized spacial score (nSPS) is 11.6. The number of aryl methyl sites for hydroxylation is 1. The van der Waals surface area contributed by atoms with Crippen molar-refractivity contribution in [1.82, 2.24) is 0 Å². The highest BCUT2D eigenvalue weighted by Gasteiger charge is 2.17. The molecule has 0 unspecified atom stereocenters. The molecule has 1 aromatic rings. The summed E-state index contributed by atoms with van der Waals surface area (Å²) in [5, 5.41) is 18.2. The zero-order valence-electron chi connectivity index (χ0n) is 8.47. The minimum atomic E-state index is -3.43. The van der Waals surface area contributed by atoms with E-state index in [9.17, 15) is 13.5 Å². The standard InChI is InChI=1S/C10H14O4S/c1-15(13,14)10-8(5-3-7-11)4-2-6-9(10)12/h2,4,6,11-12H,3,5,7H2,1H3. The molecule has 0 atom stereocenters. The van der Waals surface area contributed by atoms with Crippen molar-refractivity contribution in [2.45, 2.75) is 17.7 Å². The molecule has 0 spiro atoms. The van der Waals surface area contributed by atoms with E-state index in [2.05, 4.69) is 0 Å². The molecule has 0 saturated carbocycles. The van der Waals surface area contributed by atoms with E-state index >= 15 is 0 Å². The summed E-state index contributed by atoms with van der Waals surface area (Å²) in [6.07, 6.45) is 1.98. The summed E-state index contributed by atoms with van der Waals surface area (Å²) in [6, 6.07) is 4.58. The van der Waals surface area contributed by atoms with Crippen LogP contribution in [-0.2, 0) is 16.3 Å². The summed E-state index contributed by atoms with van der Waals surface area (Å²) in [5.74, 6) is -0.229. The number of hydrogen-bond acceptors (Lipinski definition) is 4. The van der Waals surface area contributed by atoms with E-state index in [0.717, 1.165) is 6.26 Å². The van der Waals surface area contributed by atoms with Gasteiger partial charge in [-0.1, -0.05) is 12.1 Å². The number of aromatic hydroxyl groups is 1. The van der Waals surface area contributed by atoms with E-state index in [1.807, 2.05) is 0 Å². The molecule has 1 rings (SSSR count). The minimum Gasteiger partial charge on any atom is -0.507 e. The number of rotatable bonds is 4. The smallest absolute Gasteiger partial charge is 0.179 e. The third-order valence-corrected chi connectivity index (χ3v) is 3.26. The molecular weight excluding hydrogens is 216 g/mol. The van der Waals surface area contributed by atoms with Crippen LogP contribution in [0.15, 0.2) is 23.1 Å². The lowest BCUT2D eigenvalue weighted by Crippen LogP contribution is -2.03. The second kappa shape index (κ2) is 4.63. The molecule has 0 aliphatic carbocycles. The van der Waals surface area contributed by atoms with E-state index in [-0.39, 0.29) is 17.3 Å². The monoisotopic (exact) mass is 230 g/mol. The zero-order valence-corrected chi connectivity index (χ0v) is 9.29. The van der Waals surface area contributed by atoms with Gasteiger partial charge in [0, 0.05) is 12.9 Å². The van der Waals surface area contributed by atoms with Gasteiger partial charge in [-0.2, -0.15) is 0 Å². The van der Waals surface area contributed by atoms with Gasteiger partial charge in [0.2, 0.25) is 0 Å². The minimum absolute atomic E-state index is 0.00113. The second-order valence-corrected chi connectivity index (χ2v) is 5.32. The number of phenolic OH excluding ortho intramolecular Hbond substituents is 1. The molecule has 0 radical (unpaired) electrons. The fourth-order valence-corrected chi connectivity index (χ4v) is 2.56. The molecule has 2 N–H and O–H groups in total. The molecule has 0 amide bonds. The number of sulfone groups is 1. The molecule has 0 bridgehead atoms. The van der Waals surface area contributed by atoms with Crippen LogP contribution in [-0.4, -0.2) is 31.5 Å². The van der Waals surface area contributed by atoms with E-state index in [4.69, 9.17) is 5.11 Å². The largest absolute Gasteiger partial charge is 0.507 e. The maximum atomic E-state index is 11.4. The Hall–Kier alpha value is -1.07. The predicted octanol–water partition coefficient (Wildman–Crippen LogP) is 0.721. The van der Waals surface area contributed by atoms with E-state index in [0.29, 0.717) is 18.4 Å². The highest BCUT2D eigenvalue weighted by Crippen LogP contribution is 2.27. The van der Waals surface area contributed by atoms with Crippen LogP contribution in [0.4, 0.5) is 0 Å². The number of phenols is 1. The highest BCUT2D eigenvalue weighted by atomic mass is 32.2. The van der Waals surface area contributed by atoms with Crippen molar-refractivity contribution >= 4 is 9.84 Å². The molecule has 84 valence electrons. The van der Waals surface area contributed by atoms with Gasteiger partial charge in [-0.3, -0.25) is 0 Å².